The number of nitrogens with zero attached hydrogens (tertiary/aromatic N) is 1. The molecule has 0 radical (unpaired) electrons. The van der Waals surface area contributed by atoms with Crippen molar-refractivity contribution in [3.8, 4) is 11.5 Å². The minimum atomic E-state index is 0. The van der Waals surface area contributed by atoms with Gasteiger partial charge >= 0.3 is 0 Å². The van der Waals surface area contributed by atoms with Gasteiger partial charge in [-0.15, -0.1) is 12.4 Å². The molecule has 136 valence electrons. The largest absolute Gasteiger partial charge is 0.493 e. The molecule has 0 saturated carbocycles. The molecule has 5 heteroatoms. The standard InChI is InChI=1S/C20H26N2O2.ClH/c1-16-13-22(11-10-21-16)14-18-8-9-19(23-2)20(12-18)24-15-17-6-4-3-5-7-17;/h3-9,12,16,21H,10-11,13-15H2,1-2H3;1H. The summed E-state index contributed by atoms with van der Waals surface area (Å²) in [4.78, 5) is 2.48. The number of ether oxygens (including phenoxy) is 2. The molecule has 1 saturated heterocycles. The smallest absolute Gasteiger partial charge is 0.161 e. The highest BCUT2D eigenvalue weighted by molar-refractivity contribution is 5.85. The van der Waals surface area contributed by atoms with Crippen molar-refractivity contribution >= 4 is 12.4 Å². The van der Waals surface area contributed by atoms with Crippen LogP contribution in [0.25, 0.3) is 0 Å². The molecule has 0 aromatic heterocycles. The Bertz CT molecular complexity index is 651. The Morgan fingerprint density at radius 1 is 1.08 bits per heavy atom. The van der Waals surface area contributed by atoms with Gasteiger partial charge in [-0.05, 0) is 30.2 Å². The molecule has 2 aromatic carbocycles. The summed E-state index contributed by atoms with van der Waals surface area (Å²) in [5, 5.41) is 3.48. The van der Waals surface area contributed by atoms with Crippen molar-refractivity contribution in [3.05, 3.63) is 59.7 Å². The molecular weight excluding hydrogens is 336 g/mol. The molecule has 1 fully saturated rings. The average Bonchev–Trinajstić information content (AvgIpc) is 2.61. The maximum atomic E-state index is 6.01. The van der Waals surface area contributed by atoms with Gasteiger partial charge in [0.2, 0.25) is 0 Å². The van der Waals surface area contributed by atoms with Crippen LogP contribution in [-0.2, 0) is 13.2 Å². The number of benzene rings is 2. The fourth-order valence-corrected chi connectivity index (χ4v) is 3.08. The number of halogens is 1. The van der Waals surface area contributed by atoms with E-state index >= 15 is 0 Å². The fraction of sp³-hybridized carbons (Fsp3) is 0.400. The second kappa shape index (κ2) is 9.66. The van der Waals surface area contributed by atoms with E-state index in [-0.39, 0.29) is 12.4 Å². The lowest BCUT2D eigenvalue weighted by Gasteiger charge is -2.31. The third-order valence-electron chi connectivity index (χ3n) is 4.32. The summed E-state index contributed by atoms with van der Waals surface area (Å²) in [5.74, 6) is 1.59. The van der Waals surface area contributed by atoms with Crippen LogP contribution >= 0.6 is 12.4 Å². The van der Waals surface area contributed by atoms with Gasteiger partial charge in [-0.3, -0.25) is 4.90 Å². The van der Waals surface area contributed by atoms with E-state index in [2.05, 4.69) is 41.4 Å². The van der Waals surface area contributed by atoms with Crippen LogP contribution in [-0.4, -0.2) is 37.7 Å². The normalized spacial score (nSPS) is 17.6. The lowest BCUT2D eigenvalue weighted by Crippen LogP contribution is -2.48. The first-order chi connectivity index (χ1) is 11.7. The van der Waals surface area contributed by atoms with Crippen molar-refractivity contribution in [1.82, 2.24) is 10.2 Å². The van der Waals surface area contributed by atoms with Gasteiger partial charge in [-0.2, -0.15) is 0 Å². The number of hydrogen-bond donors (Lipinski definition) is 1. The van der Waals surface area contributed by atoms with Crippen molar-refractivity contribution < 1.29 is 9.47 Å². The molecule has 1 aliphatic rings. The van der Waals surface area contributed by atoms with E-state index in [9.17, 15) is 0 Å². The lowest BCUT2D eigenvalue weighted by molar-refractivity contribution is 0.199. The monoisotopic (exact) mass is 362 g/mol. The molecule has 0 spiro atoms. The summed E-state index contributed by atoms with van der Waals surface area (Å²) >= 11 is 0. The van der Waals surface area contributed by atoms with E-state index < -0.39 is 0 Å². The van der Waals surface area contributed by atoms with Crippen molar-refractivity contribution in [2.24, 2.45) is 0 Å². The first kappa shape index (κ1) is 19.6. The highest BCUT2D eigenvalue weighted by Gasteiger charge is 2.16. The van der Waals surface area contributed by atoms with E-state index in [1.54, 1.807) is 7.11 Å². The molecule has 0 amide bonds. The number of piperazine rings is 1. The molecule has 0 aliphatic carbocycles. The summed E-state index contributed by atoms with van der Waals surface area (Å²) < 4.78 is 11.5. The Hall–Kier alpha value is -1.75. The van der Waals surface area contributed by atoms with Gasteiger partial charge in [-0.25, -0.2) is 0 Å². The Morgan fingerprint density at radius 2 is 1.88 bits per heavy atom. The summed E-state index contributed by atoms with van der Waals surface area (Å²) in [6, 6.07) is 17.0. The highest BCUT2D eigenvalue weighted by atomic mass is 35.5. The van der Waals surface area contributed by atoms with Crippen LogP contribution < -0.4 is 14.8 Å². The molecule has 3 rings (SSSR count). The Morgan fingerprint density at radius 3 is 2.60 bits per heavy atom. The van der Waals surface area contributed by atoms with E-state index in [1.165, 1.54) is 5.56 Å². The average molecular weight is 363 g/mol. The molecule has 1 unspecified atom stereocenters. The summed E-state index contributed by atoms with van der Waals surface area (Å²) in [6.07, 6.45) is 0. The van der Waals surface area contributed by atoms with Gasteiger partial charge in [0.25, 0.3) is 0 Å². The third-order valence-corrected chi connectivity index (χ3v) is 4.32. The van der Waals surface area contributed by atoms with Crippen LogP contribution in [0.2, 0.25) is 0 Å². The minimum Gasteiger partial charge on any atom is -0.493 e. The van der Waals surface area contributed by atoms with Crippen LogP contribution in [0, 0.1) is 0 Å². The molecular formula is C20H27ClN2O2. The molecule has 4 nitrogen and oxygen atoms in total. The van der Waals surface area contributed by atoms with E-state index in [1.807, 2.05) is 24.3 Å². The van der Waals surface area contributed by atoms with Gasteiger partial charge < -0.3 is 14.8 Å². The van der Waals surface area contributed by atoms with Crippen LogP contribution in [0.5, 0.6) is 11.5 Å². The van der Waals surface area contributed by atoms with E-state index in [4.69, 9.17) is 9.47 Å². The Labute approximate surface area is 156 Å². The van der Waals surface area contributed by atoms with Crippen molar-refractivity contribution in [2.45, 2.75) is 26.1 Å². The van der Waals surface area contributed by atoms with Crippen LogP contribution in [0.1, 0.15) is 18.1 Å². The first-order valence-electron chi connectivity index (χ1n) is 8.54. The predicted molar refractivity (Wildman–Crippen MR) is 104 cm³/mol. The SMILES string of the molecule is COc1ccc(CN2CCNC(C)C2)cc1OCc1ccccc1.Cl. The van der Waals surface area contributed by atoms with Crippen molar-refractivity contribution in [3.63, 3.8) is 0 Å². The lowest BCUT2D eigenvalue weighted by atomic mass is 10.1. The van der Waals surface area contributed by atoms with E-state index in [0.29, 0.717) is 12.6 Å². The maximum Gasteiger partial charge on any atom is 0.161 e. The topological polar surface area (TPSA) is 33.7 Å². The van der Waals surface area contributed by atoms with Crippen LogP contribution in [0.15, 0.2) is 48.5 Å². The molecule has 1 aliphatic heterocycles. The summed E-state index contributed by atoms with van der Waals surface area (Å²) in [6.45, 7) is 6.93. The summed E-state index contributed by atoms with van der Waals surface area (Å²) in [5.41, 5.74) is 2.41. The minimum absolute atomic E-state index is 0. The number of rotatable bonds is 6. The zero-order chi connectivity index (χ0) is 16.8. The predicted octanol–water partition coefficient (Wildman–Crippen LogP) is 3.49. The zero-order valence-corrected chi connectivity index (χ0v) is 15.7. The first-order valence-corrected chi connectivity index (χ1v) is 8.54. The zero-order valence-electron chi connectivity index (χ0n) is 14.9. The highest BCUT2D eigenvalue weighted by Crippen LogP contribution is 2.29. The molecule has 2 aromatic rings. The third kappa shape index (κ3) is 5.63. The van der Waals surface area contributed by atoms with Gasteiger partial charge in [-0.1, -0.05) is 36.4 Å². The second-order valence-corrected chi connectivity index (χ2v) is 6.35. The second-order valence-electron chi connectivity index (χ2n) is 6.35. The van der Waals surface area contributed by atoms with Crippen molar-refractivity contribution in [2.75, 3.05) is 26.7 Å². The van der Waals surface area contributed by atoms with Gasteiger partial charge in [0.1, 0.15) is 6.61 Å². The quantitative estimate of drug-likeness (QED) is 0.852. The maximum absolute atomic E-state index is 6.01. The molecule has 1 atom stereocenters. The van der Waals surface area contributed by atoms with Gasteiger partial charge in [0.05, 0.1) is 7.11 Å². The number of methoxy groups -OCH3 is 1. The van der Waals surface area contributed by atoms with Crippen LogP contribution in [0.3, 0.4) is 0 Å². The molecule has 1 N–H and O–H groups in total. The van der Waals surface area contributed by atoms with Crippen molar-refractivity contribution in [1.29, 1.82) is 0 Å². The fourth-order valence-electron chi connectivity index (χ4n) is 3.08. The number of hydrogen-bond acceptors (Lipinski definition) is 4. The van der Waals surface area contributed by atoms with Crippen LogP contribution in [0.4, 0.5) is 0 Å². The van der Waals surface area contributed by atoms with Gasteiger partial charge in [0, 0.05) is 32.2 Å². The Balaban J connectivity index is 0.00000225. The molecule has 0 bridgehead atoms. The molecule has 1 heterocycles. The summed E-state index contributed by atoms with van der Waals surface area (Å²) in [7, 11) is 1.68. The number of nitrogens with one attached hydrogen (secondary N) is 1. The molecule has 25 heavy (non-hydrogen) atoms. The van der Waals surface area contributed by atoms with E-state index in [0.717, 1.165) is 43.2 Å². The Kier molecular flexibility index (Phi) is 7.56. The van der Waals surface area contributed by atoms with Gasteiger partial charge in [0.15, 0.2) is 11.5 Å².